The van der Waals surface area contributed by atoms with Gasteiger partial charge in [-0.2, -0.15) is 0 Å². The number of anilines is 4. The van der Waals surface area contributed by atoms with E-state index in [1.807, 2.05) is 23.5 Å². The molecule has 6 nitrogen and oxygen atoms in total. The molecule has 4 fully saturated rings. The maximum Gasteiger partial charge on any atom is 0.0552 e. The van der Waals surface area contributed by atoms with E-state index in [2.05, 4.69) is 127 Å². The third-order valence-corrected chi connectivity index (χ3v) is 17.6. The van der Waals surface area contributed by atoms with E-state index in [-0.39, 0.29) is 0 Å². The van der Waals surface area contributed by atoms with Crippen molar-refractivity contribution in [3.05, 3.63) is 97.1 Å². The highest BCUT2D eigenvalue weighted by Crippen LogP contribution is 2.49. The molecule has 4 aliphatic heterocycles. The number of hydrogen-bond donors (Lipinski definition) is 1. The molecule has 4 heterocycles. The lowest BCUT2D eigenvalue weighted by Crippen LogP contribution is -2.48. The maximum atomic E-state index is 5.75. The Kier molecular flexibility index (Phi) is 21.4. The maximum absolute atomic E-state index is 5.75. The monoisotopic (exact) mass is 963 g/mol. The van der Waals surface area contributed by atoms with Gasteiger partial charge in [0.25, 0.3) is 0 Å². The van der Waals surface area contributed by atoms with Crippen LogP contribution in [0.5, 0.6) is 0 Å². The molecule has 9 heteroatoms. The van der Waals surface area contributed by atoms with Gasteiger partial charge in [0.05, 0.1) is 22.7 Å². The molecule has 2 saturated heterocycles. The average Bonchev–Trinajstić information content (AvgIpc) is 3.38. The van der Waals surface area contributed by atoms with Crippen LogP contribution in [-0.2, 0) is 0 Å². The summed E-state index contributed by atoms with van der Waals surface area (Å²) >= 11 is 9.53. The van der Waals surface area contributed by atoms with Crippen LogP contribution in [0.4, 0.5) is 22.7 Å². The second kappa shape index (κ2) is 28.2. The summed E-state index contributed by atoms with van der Waals surface area (Å²) in [4.78, 5) is 18.6. The Morgan fingerprint density at radius 1 is 0.403 bits per heavy atom. The van der Waals surface area contributed by atoms with Gasteiger partial charge in [0.2, 0.25) is 0 Å². The number of fused-ring (bicyclic) bond motifs is 4. The summed E-state index contributed by atoms with van der Waals surface area (Å²) in [5.74, 6) is 2.79. The number of hydrogen-bond acceptors (Lipinski definition) is 8. The fourth-order valence-electron chi connectivity index (χ4n) is 11.3. The summed E-state index contributed by atoms with van der Waals surface area (Å²) < 4.78 is 0. The molecular weight excluding hydrogens is 880 g/mol. The normalized spacial score (nSPS) is 19.2. The molecule has 0 radical (unpaired) electrons. The highest BCUT2D eigenvalue weighted by molar-refractivity contribution is 8.00. The molecule has 2 saturated carbocycles. The molecule has 0 atom stereocenters. The number of benzene rings is 4. The van der Waals surface area contributed by atoms with Crippen molar-refractivity contribution < 1.29 is 0 Å². The van der Waals surface area contributed by atoms with E-state index in [1.165, 1.54) is 223 Å². The Morgan fingerprint density at radius 3 is 1.18 bits per heavy atom. The van der Waals surface area contributed by atoms with Crippen LogP contribution in [0.3, 0.4) is 0 Å². The molecule has 0 bridgehead atoms. The number of unbranched alkanes of at least 4 members (excludes halogenated alkanes) is 6. The lowest BCUT2D eigenvalue weighted by molar-refractivity contribution is 0.108. The fourth-order valence-corrected chi connectivity index (χ4v) is 13.7. The number of alkyl halides is 1. The van der Waals surface area contributed by atoms with Crippen LogP contribution >= 0.6 is 35.1 Å². The van der Waals surface area contributed by atoms with Gasteiger partial charge in [-0.15, -0.1) is 11.6 Å². The molecule has 364 valence electrons. The van der Waals surface area contributed by atoms with E-state index in [0.29, 0.717) is 0 Å². The number of nitrogens with one attached hydrogen (secondary N) is 1. The first-order chi connectivity index (χ1) is 33.2. The first-order valence-electron chi connectivity index (χ1n) is 26.9. The predicted octanol–water partition coefficient (Wildman–Crippen LogP) is 14.6. The number of rotatable bonds is 17. The van der Waals surface area contributed by atoms with Crippen molar-refractivity contribution in [1.82, 2.24) is 20.0 Å². The fraction of sp³-hybridized carbons (Fsp3) is 0.586. The van der Waals surface area contributed by atoms with E-state index in [4.69, 9.17) is 11.6 Å². The lowest BCUT2D eigenvalue weighted by Gasteiger charge is -2.37. The Balaban J connectivity index is 0.000000152. The molecule has 0 aromatic heterocycles. The third kappa shape index (κ3) is 15.7. The van der Waals surface area contributed by atoms with Crippen LogP contribution < -0.4 is 15.1 Å². The zero-order valence-electron chi connectivity index (χ0n) is 41.0. The molecule has 0 spiro atoms. The highest BCUT2D eigenvalue weighted by Gasteiger charge is 2.25. The standard InChI is InChI=1S/C29H41N3S.C18H20ClNS.C11H22N2/c1(10-18-30-20-22-31(23-21-30)24-25-12-4-3-5-13-25)2-11-19-32-26-14-6-8-16-28(26)33-29-17-9-7-15-27(29)32;19-13-7-1-2-8-14-20-15-9-3-5-11-17(15)21-18-12-6-4-10-16(18)20;1-2-4-11(5-3-1)10-13-8-6-12-7-9-13/h6-9,14-17,25H,1-5,10-13,18-24H2;3-6,9-12H,1-2,7-8,13-14H2;11-12H,1-10H2. The van der Waals surface area contributed by atoms with Crippen molar-refractivity contribution in [2.24, 2.45) is 11.8 Å². The predicted molar refractivity (Wildman–Crippen MR) is 291 cm³/mol. The van der Waals surface area contributed by atoms with Crippen LogP contribution in [0, 0.1) is 11.8 Å². The molecule has 0 unspecified atom stereocenters. The Labute approximate surface area is 420 Å². The van der Waals surface area contributed by atoms with Gasteiger partial charge in [-0.05, 0) is 118 Å². The van der Waals surface area contributed by atoms with E-state index < -0.39 is 0 Å². The van der Waals surface area contributed by atoms with Crippen LogP contribution in [0.1, 0.15) is 116 Å². The van der Waals surface area contributed by atoms with Gasteiger partial charge in [0.15, 0.2) is 0 Å². The Bertz CT molecular complexity index is 1900. The number of para-hydroxylation sites is 4. The lowest BCUT2D eigenvalue weighted by atomic mass is 9.89. The van der Waals surface area contributed by atoms with E-state index in [1.54, 1.807) is 0 Å². The molecular formula is C58H83ClN6S2. The van der Waals surface area contributed by atoms with Gasteiger partial charge in [-0.1, -0.05) is 136 Å². The van der Waals surface area contributed by atoms with Gasteiger partial charge in [0, 0.05) is 104 Å². The molecule has 0 amide bonds. The minimum Gasteiger partial charge on any atom is -0.340 e. The molecule has 4 aromatic rings. The highest BCUT2D eigenvalue weighted by atomic mass is 35.5. The topological polar surface area (TPSA) is 28.2 Å². The number of nitrogens with zero attached hydrogens (tertiary/aromatic N) is 5. The Hall–Kier alpha value is -2.69. The molecule has 4 aromatic carbocycles. The van der Waals surface area contributed by atoms with Crippen molar-refractivity contribution in [1.29, 1.82) is 0 Å². The smallest absolute Gasteiger partial charge is 0.0552 e. The van der Waals surface area contributed by atoms with Crippen molar-refractivity contribution in [2.45, 2.75) is 135 Å². The van der Waals surface area contributed by atoms with Crippen LogP contribution in [0.25, 0.3) is 0 Å². The van der Waals surface area contributed by atoms with Gasteiger partial charge >= 0.3 is 0 Å². The summed E-state index contributed by atoms with van der Waals surface area (Å²) in [5, 5.41) is 3.41. The van der Waals surface area contributed by atoms with Crippen molar-refractivity contribution in [2.75, 3.05) is 101 Å². The number of halogens is 1. The van der Waals surface area contributed by atoms with Crippen LogP contribution in [-0.4, -0.2) is 106 Å². The molecule has 2 aliphatic carbocycles. The minimum atomic E-state index is 0.784. The second-order valence-electron chi connectivity index (χ2n) is 20.1. The number of piperazine rings is 2. The summed E-state index contributed by atoms with van der Waals surface area (Å²) in [6.07, 6.45) is 24.9. The zero-order chi connectivity index (χ0) is 45.7. The zero-order valence-corrected chi connectivity index (χ0v) is 43.3. The molecule has 67 heavy (non-hydrogen) atoms. The van der Waals surface area contributed by atoms with Crippen molar-refractivity contribution in [3.63, 3.8) is 0 Å². The van der Waals surface area contributed by atoms with Gasteiger partial charge in [-0.3, -0.25) is 0 Å². The summed E-state index contributed by atoms with van der Waals surface area (Å²) in [5.41, 5.74) is 5.46. The first-order valence-corrected chi connectivity index (χ1v) is 29.1. The van der Waals surface area contributed by atoms with E-state index in [0.717, 1.165) is 37.2 Å². The van der Waals surface area contributed by atoms with Crippen LogP contribution in [0.15, 0.2) is 117 Å². The molecule has 6 aliphatic rings. The Morgan fingerprint density at radius 2 is 0.761 bits per heavy atom. The van der Waals surface area contributed by atoms with E-state index >= 15 is 0 Å². The average molecular weight is 964 g/mol. The SMILES string of the molecule is C1CCC(CN2CCNCC2)CC1.ClCCCCCCN1c2ccccc2Sc2ccccc21.c1ccc2c(c1)Sc1ccccc1N2CCCCCCN1CCN(CC2CCCCC2)CC1. The second-order valence-corrected chi connectivity index (χ2v) is 22.6. The van der Waals surface area contributed by atoms with Crippen molar-refractivity contribution in [3.8, 4) is 0 Å². The van der Waals surface area contributed by atoms with Crippen LogP contribution in [0.2, 0.25) is 0 Å². The van der Waals surface area contributed by atoms with E-state index in [9.17, 15) is 0 Å². The van der Waals surface area contributed by atoms with Gasteiger partial charge in [-0.25, -0.2) is 0 Å². The summed E-state index contributed by atoms with van der Waals surface area (Å²) in [6, 6.07) is 35.2. The van der Waals surface area contributed by atoms with Gasteiger partial charge < -0.3 is 29.8 Å². The quantitative estimate of drug-likeness (QED) is 0.0827. The third-order valence-electron chi connectivity index (χ3n) is 15.1. The van der Waals surface area contributed by atoms with Gasteiger partial charge in [0.1, 0.15) is 0 Å². The molecule has 1 N–H and O–H groups in total. The minimum absolute atomic E-state index is 0.784. The van der Waals surface area contributed by atoms with Crippen molar-refractivity contribution >= 4 is 57.9 Å². The largest absolute Gasteiger partial charge is 0.340 e. The molecule has 10 rings (SSSR count). The summed E-state index contributed by atoms with van der Waals surface area (Å²) in [7, 11) is 0. The first kappa shape index (κ1) is 50.7. The summed E-state index contributed by atoms with van der Waals surface area (Å²) in [6.45, 7) is 16.3.